The molecule has 1 saturated heterocycles. The van der Waals surface area contributed by atoms with Gasteiger partial charge in [-0.15, -0.1) is 0 Å². The first-order chi connectivity index (χ1) is 15.9. The third-order valence-corrected chi connectivity index (χ3v) is 6.89. The minimum atomic E-state index is -0.702. The van der Waals surface area contributed by atoms with Gasteiger partial charge in [-0.25, -0.2) is 4.79 Å². The highest BCUT2D eigenvalue weighted by molar-refractivity contribution is 14.1. The van der Waals surface area contributed by atoms with Crippen molar-refractivity contribution in [2.75, 3.05) is 7.11 Å². The van der Waals surface area contributed by atoms with Crippen LogP contribution in [0.2, 0.25) is 5.02 Å². The van der Waals surface area contributed by atoms with Gasteiger partial charge in [-0.2, -0.15) is 0 Å². The highest BCUT2D eigenvalue weighted by Gasteiger charge is 2.40. The summed E-state index contributed by atoms with van der Waals surface area (Å²) in [5, 5.41) is 2.90. The molecule has 0 bridgehead atoms. The van der Waals surface area contributed by atoms with Crippen LogP contribution in [0.1, 0.15) is 36.8 Å². The van der Waals surface area contributed by atoms with Gasteiger partial charge in [-0.05, 0) is 65.3 Å². The van der Waals surface area contributed by atoms with Crippen LogP contribution in [-0.4, -0.2) is 35.9 Å². The molecule has 33 heavy (non-hydrogen) atoms. The first kappa shape index (κ1) is 23.6. The summed E-state index contributed by atoms with van der Waals surface area (Å²) in [5.74, 6) is -0.286. The molecule has 0 aromatic heterocycles. The Morgan fingerprint density at radius 1 is 1.18 bits per heavy atom. The lowest BCUT2D eigenvalue weighted by Gasteiger charge is -2.31. The van der Waals surface area contributed by atoms with Crippen LogP contribution in [0.4, 0.5) is 4.79 Å². The molecular formula is C24H22ClIN2O5. The molecule has 1 heterocycles. The second-order valence-corrected chi connectivity index (χ2v) is 9.41. The number of carbonyl (C=O) groups is 3. The minimum Gasteiger partial charge on any atom is -0.493 e. The van der Waals surface area contributed by atoms with Crippen LogP contribution in [0.5, 0.6) is 11.5 Å². The van der Waals surface area contributed by atoms with Gasteiger partial charge in [-0.3, -0.25) is 19.8 Å². The average molecular weight is 581 g/mol. The summed E-state index contributed by atoms with van der Waals surface area (Å²) < 4.78 is 12.2. The van der Waals surface area contributed by atoms with Crippen molar-refractivity contribution >= 4 is 58.1 Å². The Bertz CT molecular complexity index is 1140. The molecule has 4 rings (SSSR count). The van der Waals surface area contributed by atoms with Gasteiger partial charge in [0.1, 0.15) is 12.2 Å². The SMILES string of the molecule is COc1cc(/C=C2\C(=O)NC(=O)N(C3CCCC3)C2=O)cc(I)c1OCc1ccccc1Cl. The summed E-state index contributed by atoms with van der Waals surface area (Å²) in [5.41, 5.74) is 1.34. The number of imide groups is 2. The zero-order valence-corrected chi connectivity index (χ0v) is 20.8. The number of hydrogen-bond acceptors (Lipinski definition) is 5. The molecule has 1 saturated carbocycles. The van der Waals surface area contributed by atoms with Crippen LogP contribution in [0.15, 0.2) is 42.0 Å². The molecule has 2 aromatic rings. The first-order valence-corrected chi connectivity index (χ1v) is 12.0. The quantitative estimate of drug-likeness (QED) is 0.297. The van der Waals surface area contributed by atoms with Gasteiger partial charge >= 0.3 is 6.03 Å². The van der Waals surface area contributed by atoms with Crippen molar-refractivity contribution in [1.29, 1.82) is 0 Å². The van der Waals surface area contributed by atoms with E-state index in [1.807, 2.05) is 18.2 Å². The second kappa shape index (κ2) is 10.1. The van der Waals surface area contributed by atoms with Crippen LogP contribution >= 0.6 is 34.2 Å². The number of nitrogens with zero attached hydrogens (tertiary/aromatic N) is 1. The van der Waals surface area contributed by atoms with E-state index in [9.17, 15) is 14.4 Å². The van der Waals surface area contributed by atoms with Crippen LogP contribution in [-0.2, 0) is 16.2 Å². The standard InChI is InChI=1S/C24H22ClIN2O5/c1-32-20-12-14(11-19(26)21(20)33-13-15-6-2-5-9-18(15)25)10-17-22(29)27-24(31)28(23(17)30)16-7-3-4-8-16/h2,5-6,9-12,16H,3-4,7-8,13H2,1H3,(H,27,29,31)/b17-10+. The van der Waals surface area contributed by atoms with E-state index in [1.165, 1.54) is 18.1 Å². The molecule has 2 aliphatic rings. The first-order valence-electron chi connectivity index (χ1n) is 10.5. The molecular weight excluding hydrogens is 559 g/mol. The lowest BCUT2D eigenvalue weighted by molar-refractivity contribution is -0.131. The van der Waals surface area contributed by atoms with Crippen LogP contribution in [0, 0.1) is 3.57 Å². The summed E-state index contributed by atoms with van der Waals surface area (Å²) in [7, 11) is 1.52. The Morgan fingerprint density at radius 3 is 2.61 bits per heavy atom. The molecule has 9 heteroatoms. The number of halogens is 2. The number of barbiturate groups is 1. The number of amides is 4. The fourth-order valence-corrected chi connectivity index (χ4v) is 5.03. The number of methoxy groups -OCH3 is 1. The second-order valence-electron chi connectivity index (χ2n) is 7.84. The minimum absolute atomic E-state index is 0.0795. The molecule has 1 aliphatic heterocycles. The third-order valence-electron chi connectivity index (χ3n) is 5.72. The topological polar surface area (TPSA) is 84.9 Å². The maximum atomic E-state index is 13.0. The predicted octanol–water partition coefficient (Wildman–Crippen LogP) is 4.94. The zero-order valence-electron chi connectivity index (χ0n) is 17.9. The van der Waals surface area contributed by atoms with E-state index < -0.39 is 17.8 Å². The van der Waals surface area contributed by atoms with E-state index in [0.717, 1.165) is 34.8 Å². The van der Waals surface area contributed by atoms with Crippen LogP contribution in [0.3, 0.4) is 0 Å². The Morgan fingerprint density at radius 2 is 1.91 bits per heavy atom. The van der Waals surface area contributed by atoms with Gasteiger partial charge in [0.05, 0.1) is 10.7 Å². The van der Waals surface area contributed by atoms with Gasteiger partial charge in [0.2, 0.25) is 0 Å². The molecule has 0 radical (unpaired) electrons. The Balaban J connectivity index is 1.61. The monoisotopic (exact) mass is 580 g/mol. The van der Waals surface area contributed by atoms with Crippen molar-refractivity contribution < 1.29 is 23.9 Å². The Hall–Kier alpha value is -2.59. The summed E-state index contributed by atoms with van der Waals surface area (Å²) in [6, 6.07) is 10.1. The summed E-state index contributed by atoms with van der Waals surface area (Å²) >= 11 is 8.33. The molecule has 0 spiro atoms. The number of urea groups is 1. The number of hydrogen-bond donors (Lipinski definition) is 1. The van der Waals surface area contributed by atoms with Gasteiger partial charge in [0, 0.05) is 16.6 Å². The van der Waals surface area contributed by atoms with Crippen molar-refractivity contribution in [2.45, 2.75) is 38.3 Å². The number of benzene rings is 2. The van der Waals surface area contributed by atoms with Gasteiger partial charge in [-0.1, -0.05) is 42.6 Å². The molecule has 1 aliphatic carbocycles. The molecule has 0 atom stereocenters. The molecule has 172 valence electrons. The number of carbonyl (C=O) groups excluding carboxylic acids is 3. The number of ether oxygens (including phenoxy) is 2. The van der Waals surface area contributed by atoms with E-state index >= 15 is 0 Å². The lowest BCUT2D eigenvalue weighted by atomic mass is 10.0. The molecule has 7 nitrogen and oxygen atoms in total. The number of rotatable bonds is 6. The van der Waals surface area contributed by atoms with E-state index in [2.05, 4.69) is 27.9 Å². The average Bonchev–Trinajstić information content (AvgIpc) is 3.30. The van der Waals surface area contributed by atoms with Gasteiger partial charge in [0.25, 0.3) is 11.8 Å². The summed E-state index contributed by atoms with van der Waals surface area (Å²) in [6.07, 6.45) is 4.90. The fourth-order valence-electron chi connectivity index (χ4n) is 4.06. The molecule has 2 aromatic carbocycles. The number of nitrogens with one attached hydrogen (secondary N) is 1. The molecule has 2 fully saturated rings. The maximum Gasteiger partial charge on any atom is 0.331 e. The molecule has 4 amide bonds. The largest absolute Gasteiger partial charge is 0.493 e. The summed E-state index contributed by atoms with van der Waals surface area (Å²) in [4.78, 5) is 39.0. The predicted molar refractivity (Wildman–Crippen MR) is 132 cm³/mol. The fraction of sp³-hybridized carbons (Fsp3) is 0.292. The van der Waals surface area contributed by atoms with Crippen LogP contribution < -0.4 is 14.8 Å². The molecule has 1 N–H and O–H groups in total. The third kappa shape index (κ3) is 5.01. The maximum absolute atomic E-state index is 13.0. The highest BCUT2D eigenvalue weighted by Crippen LogP contribution is 2.36. The highest BCUT2D eigenvalue weighted by atomic mass is 127. The Labute approximate surface area is 210 Å². The van der Waals surface area contributed by atoms with E-state index in [-0.39, 0.29) is 18.2 Å². The van der Waals surface area contributed by atoms with Crippen LogP contribution in [0.25, 0.3) is 6.08 Å². The van der Waals surface area contributed by atoms with Crippen molar-refractivity contribution in [3.63, 3.8) is 0 Å². The molecule has 0 unspecified atom stereocenters. The van der Waals surface area contributed by atoms with E-state index in [4.69, 9.17) is 21.1 Å². The van der Waals surface area contributed by atoms with Crippen molar-refractivity contribution in [3.05, 3.63) is 61.7 Å². The van der Waals surface area contributed by atoms with Gasteiger partial charge in [0.15, 0.2) is 11.5 Å². The van der Waals surface area contributed by atoms with E-state index in [0.29, 0.717) is 22.1 Å². The zero-order chi connectivity index (χ0) is 23.5. The normalized spacial score (nSPS) is 18.1. The summed E-state index contributed by atoms with van der Waals surface area (Å²) in [6.45, 7) is 0.256. The Kier molecular flexibility index (Phi) is 7.23. The van der Waals surface area contributed by atoms with Crippen molar-refractivity contribution in [3.8, 4) is 11.5 Å². The smallest absolute Gasteiger partial charge is 0.331 e. The lowest BCUT2D eigenvalue weighted by Crippen LogP contribution is -2.57. The van der Waals surface area contributed by atoms with E-state index in [1.54, 1.807) is 18.2 Å². The van der Waals surface area contributed by atoms with Gasteiger partial charge < -0.3 is 9.47 Å². The van der Waals surface area contributed by atoms with Crippen molar-refractivity contribution in [2.24, 2.45) is 0 Å². The van der Waals surface area contributed by atoms with Crippen molar-refractivity contribution in [1.82, 2.24) is 10.2 Å².